The number of hydrogen-bond acceptors (Lipinski definition) is 2. The SMILES string of the molecule is CN=C(NCc1c(C)nn(C)c1C)NCC1(c2ccc(Cl)cc2)CCCC1. The van der Waals surface area contributed by atoms with E-state index in [1.807, 2.05) is 37.8 Å². The lowest BCUT2D eigenvalue weighted by Gasteiger charge is -2.31. The summed E-state index contributed by atoms with van der Waals surface area (Å²) in [6.07, 6.45) is 4.92. The maximum atomic E-state index is 6.09. The van der Waals surface area contributed by atoms with Crippen LogP contribution in [0.5, 0.6) is 0 Å². The van der Waals surface area contributed by atoms with Crippen molar-refractivity contribution in [3.05, 3.63) is 51.8 Å². The van der Waals surface area contributed by atoms with Crippen LogP contribution in [-0.4, -0.2) is 29.3 Å². The highest BCUT2D eigenvalue weighted by Gasteiger charge is 2.35. The second-order valence-corrected chi connectivity index (χ2v) is 7.98. The highest BCUT2D eigenvalue weighted by Crippen LogP contribution is 2.40. The Labute approximate surface area is 167 Å². The Morgan fingerprint density at radius 2 is 1.85 bits per heavy atom. The van der Waals surface area contributed by atoms with Crippen molar-refractivity contribution >= 4 is 17.6 Å². The summed E-state index contributed by atoms with van der Waals surface area (Å²) in [6.45, 7) is 5.74. The summed E-state index contributed by atoms with van der Waals surface area (Å²) in [5.74, 6) is 0.831. The molecule has 0 saturated heterocycles. The first-order valence-corrected chi connectivity index (χ1v) is 10.0. The number of aromatic nitrogens is 2. The van der Waals surface area contributed by atoms with E-state index >= 15 is 0 Å². The molecule has 1 fully saturated rings. The molecule has 5 nitrogen and oxygen atoms in total. The number of aryl methyl sites for hydroxylation is 2. The Balaban J connectivity index is 1.66. The predicted molar refractivity (Wildman–Crippen MR) is 112 cm³/mol. The van der Waals surface area contributed by atoms with Gasteiger partial charge in [0.15, 0.2) is 5.96 Å². The van der Waals surface area contributed by atoms with Gasteiger partial charge in [-0.25, -0.2) is 0 Å². The van der Waals surface area contributed by atoms with Crippen LogP contribution < -0.4 is 10.6 Å². The van der Waals surface area contributed by atoms with E-state index in [2.05, 4.69) is 39.8 Å². The summed E-state index contributed by atoms with van der Waals surface area (Å²) < 4.78 is 1.93. The molecule has 1 aromatic carbocycles. The van der Waals surface area contributed by atoms with Gasteiger partial charge in [-0.2, -0.15) is 5.10 Å². The van der Waals surface area contributed by atoms with Crippen molar-refractivity contribution in [2.45, 2.75) is 51.5 Å². The number of aliphatic imine (C=N–C) groups is 1. The van der Waals surface area contributed by atoms with Crippen LogP contribution in [0.1, 0.15) is 48.2 Å². The highest BCUT2D eigenvalue weighted by atomic mass is 35.5. The monoisotopic (exact) mass is 387 g/mol. The van der Waals surface area contributed by atoms with Gasteiger partial charge in [0.05, 0.1) is 5.69 Å². The molecule has 0 unspecified atom stereocenters. The van der Waals surface area contributed by atoms with Crippen molar-refractivity contribution in [3.8, 4) is 0 Å². The van der Waals surface area contributed by atoms with Gasteiger partial charge in [-0.3, -0.25) is 9.67 Å². The van der Waals surface area contributed by atoms with E-state index in [0.717, 1.165) is 29.8 Å². The standard InChI is InChI=1S/C21H30ClN5/c1-15-19(16(2)27(4)26-15)13-24-20(23-3)25-14-21(11-5-6-12-21)17-7-9-18(22)10-8-17/h7-10H,5-6,11-14H2,1-4H3,(H2,23,24,25). The zero-order valence-corrected chi connectivity index (χ0v) is 17.5. The third-order valence-electron chi connectivity index (χ3n) is 5.93. The Hall–Kier alpha value is -2.01. The molecule has 0 amide bonds. The van der Waals surface area contributed by atoms with E-state index in [0.29, 0.717) is 0 Å². The van der Waals surface area contributed by atoms with Gasteiger partial charge in [-0.05, 0) is 44.4 Å². The average Bonchev–Trinajstić information content (AvgIpc) is 3.23. The summed E-state index contributed by atoms with van der Waals surface area (Å²) in [5, 5.41) is 12.3. The van der Waals surface area contributed by atoms with Crippen LogP contribution in [0, 0.1) is 13.8 Å². The van der Waals surface area contributed by atoms with Gasteiger partial charge >= 0.3 is 0 Å². The van der Waals surface area contributed by atoms with Gasteiger partial charge in [0.2, 0.25) is 0 Å². The summed E-state index contributed by atoms with van der Waals surface area (Å²) in [7, 11) is 3.80. The van der Waals surface area contributed by atoms with Gasteiger partial charge in [0.25, 0.3) is 0 Å². The summed E-state index contributed by atoms with van der Waals surface area (Å²) in [6, 6.07) is 8.34. The number of halogens is 1. The third-order valence-corrected chi connectivity index (χ3v) is 6.18. The van der Waals surface area contributed by atoms with Crippen molar-refractivity contribution in [2.24, 2.45) is 12.0 Å². The Kier molecular flexibility index (Phi) is 6.10. The molecule has 27 heavy (non-hydrogen) atoms. The maximum absolute atomic E-state index is 6.09. The number of guanidine groups is 1. The second kappa shape index (κ2) is 8.34. The van der Waals surface area contributed by atoms with Crippen LogP contribution in [0.15, 0.2) is 29.3 Å². The predicted octanol–water partition coefficient (Wildman–Crippen LogP) is 3.87. The van der Waals surface area contributed by atoms with Crippen molar-refractivity contribution in [3.63, 3.8) is 0 Å². The van der Waals surface area contributed by atoms with Gasteiger partial charge in [-0.15, -0.1) is 0 Å². The molecular weight excluding hydrogens is 358 g/mol. The quantitative estimate of drug-likeness (QED) is 0.604. The summed E-state index contributed by atoms with van der Waals surface area (Å²) >= 11 is 6.09. The minimum Gasteiger partial charge on any atom is -0.356 e. The van der Waals surface area contributed by atoms with Gasteiger partial charge in [0, 0.05) is 48.9 Å². The Morgan fingerprint density at radius 1 is 1.19 bits per heavy atom. The number of nitrogens with one attached hydrogen (secondary N) is 2. The number of nitrogens with zero attached hydrogens (tertiary/aromatic N) is 3. The number of rotatable bonds is 5. The van der Waals surface area contributed by atoms with E-state index in [1.54, 1.807) is 0 Å². The van der Waals surface area contributed by atoms with E-state index in [1.165, 1.54) is 42.5 Å². The lowest BCUT2D eigenvalue weighted by Crippen LogP contribution is -2.44. The first kappa shape index (κ1) is 19.7. The van der Waals surface area contributed by atoms with E-state index < -0.39 is 0 Å². The zero-order valence-electron chi connectivity index (χ0n) is 16.8. The van der Waals surface area contributed by atoms with E-state index in [9.17, 15) is 0 Å². The second-order valence-electron chi connectivity index (χ2n) is 7.55. The molecule has 3 rings (SSSR count). The van der Waals surface area contributed by atoms with Gasteiger partial charge in [-0.1, -0.05) is 36.6 Å². The molecule has 1 saturated carbocycles. The molecule has 2 N–H and O–H groups in total. The first-order valence-electron chi connectivity index (χ1n) is 9.65. The van der Waals surface area contributed by atoms with Crippen LogP contribution in [-0.2, 0) is 19.0 Å². The molecule has 0 aliphatic heterocycles. The summed E-state index contributed by atoms with van der Waals surface area (Å²) in [4.78, 5) is 4.42. The first-order chi connectivity index (χ1) is 12.9. The van der Waals surface area contributed by atoms with E-state index in [-0.39, 0.29) is 5.41 Å². The smallest absolute Gasteiger partial charge is 0.191 e. The van der Waals surface area contributed by atoms with Crippen LogP contribution in [0.2, 0.25) is 5.02 Å². The largest absolute Gasteiger partial charge is 0.356 e. The minimum atomic E-state index is 0.155. The van der Waals surface area contributed by atoms with Crippen molar-refractivity contribution in [2.75, 3.05) is 13.6 Å². The molecule has 0 atom stereocenters. The molecule has 0 bridgehead atoms. The van der Waals surface area contributed by atoms with Crippen molar-refractivity contribution < 1.29 is 0 Å². The lowest BCUT2D eigenvalue weighted by atomic mass is 9.79. The maximum Gasteiger partial charge on any atom is 0.191 e. The van der Waals surface area contributed by atoms with Gasteiger partial charge < -0.3 is 10.6 Å². The fourth-order valence-corrected chi connectivity index (χ4v) is 4.27. The fourth-order valence-electron chi connectivity index (χ4n) is 4.14. The molecule has 1 aliphatic rings. The average molecular weight is 388 g/mol. The van der Waals surface area contributed by atoms with E-state index in [4.69, 9.17) is 11.6 Å². The van der Waals surface area contributed by atoms with Crippen LogP contribution in [0.3, 0.4) is 0 Å². The molecular formula is C21H30ClN5. The Morgan fingerprint density at radius 3 is 2.41 bits per heavy atom. The molecule has 2 aromatic rings. The molecule has 1 heterocycles. The van der Waals surface area contributed by atoms with Crippen molar-refractivity contribution in [1.82, 2.24) is 20.4 Å². The van der Waals surface area contributed by atoms with Crippen LogP contribution in [0.4, 0.5) is 0 Å². The fraction of sp³-hybridized carbons (Fsp3) is 0.524. The highest BCUT2D eigenvalue weighted by molar-refractivity contribution is 6.30. The van der Waals surface area contributed by atoms with Crippen LogP contribution in [0.25, 0.3) is 0 Å². The van der Waals surface area contributed by atoms with Crippen molar-refractivity contribution in [1.29, 1.82) is 0 Å². The van der Waals surface area contributed by atoms with Crippen LogP contribution >= 0.6 is 11.6 Å². The third kappa shape index (κ3) is 4.29. The number of benzene rings is 1. The lowest BCUT2D eigenvalue weighted by molar-refractivity contribution is 0.431. The molecule has 0 spiro atoms. The zero-order chi connectivity index (χ0) is 19.4. The Bertz CT molecular complexity index is 801. The normalized spacial score (nSPS) is 16.6. The number of hydrogen-bond donors (Lipinski definition) is 2. The van der Waals surface area contributed by atoms with Gasteiger partial charge in [0.1, 0.15) is 0 Å². The topological polar surface area (TPSA) is 54.2 Å². The molecule has 146 valence electrons. The molecule has 1 aromatic heterocycles. The molecule has 1 aliphatic carbocycles. The molecule has 6 heteroatoms. The minimum absolute atomic E-state index is 0.155. The molecule has 0 radical (unpaired) electrons. The summed E-state index contributed by atoms with van der Waals surface area (Å²) in [5.41, 5.74) is 5.00.